The average Bonchev–Trinajstić information content (AvgIpc) is 2.48. The summed E-state index contributed by atoms with van der Waals surface area (Å²) in [6, 6.07) is 3.55. The summed E-state index contributed by atoms with van der Waals surface area (Å²) in [5, 5.41) is 0.444. The summed E-state index contributed by atoms with van der Waals surface area (Å²) in [5.41, 5.74) is 6.25. The number of pyridine rings is 1. The second kappa shape index (κ2) is 4.49. The Morgan fingerprint density at radius 1 is 1.22 bits per heavy atom. The molecule has 0 unspecified atom stereocenters. The Morgan fingerprint density at radius 3 is 2.22 bits per heavy atom. The zero-order valence-electron chi connectivity index (χ0n) is 11.1. The number of nitrogens with zero attached hydrogens (tertiary/aromatic N) is 1. The van der Waals surface area contributed by atoms with Crippen molar-refractivity contribution in [1.29, 1.82) is 0 Å². The van der Waals surface area contributed by atoms with Crippen LogP contribution in [0.1, 0.15) is 39.2 Å². The Kier molecular flexibility index (Phi) is 3.45. The van der Waals surface area contributed by atoms with E-state index in [0.717, 1.165) is 5.56 Å². The van der Waals surface area contributed by atoms with E-state index in [1.54, 1.807) is 12.3 Å². The van der Waals surface area contributed by atoms with Crippen LogP contribution in [0.3, 0.4) is 0 Å². The van der Waals surface area contributed by atoms with Gasteiger partial charge in [-0.3, -0.25) is 0 Å². The first-order valence-corrected chi connectivity index (χ1v) is 6.33. The average molecular weight is 269 g/mol. The molecule has 0 radical (unpaired) electrons. The lowest BCUT2D eigenvalue weighted by Crippen LogP contribution is -2.41. The van der Waals surface area contributed by atoms with Crippen LogP contribution >= 0.6 is 11.6 Å². The van der Waals surface area contributed by atoms with Crippen molar-refractivity contribution in [1.82, 2.24) is 4.98 Å². The van der Waals surface area contributed by atoms with Gasteiger partial charge in [-0.15, -0.1) is 0 Å². The molecular weight excluding hydrogens is 250 g/mol. The summed E-state index contributed by atoms with van der Waals surface area (Å²) in [6.45, 7) is 8.00. The van der Waals surface area contributed by atoms with Gasteiger partial charge in [0.2, 0.25) is 0 Å². The lowest BCUT2D eigenvalue weighted by Gasteiger charge is -2.32. The highest BCUT2D eigenvalue weighted by atomic mass is 35.5. The van der Waals surface area contributed by atoms with E-state index in [9.17, 15) is 0 Å². The summed E-state index contributed by atoms with van der Waals surface area (Å²) < 4.78 is 11.8. The molecule has 0 saturated carbocycles. The maximum absolute atomic E-state index is 6.16. The molecule has 0 aromatic carbocycles. The summed E-state index contributed by atoms with van der Waals surface area (Å²) in [6.07, 6.45) is 1.65. The predicted octanol–water partition coefficient (Wildman–Crippen LogP) is 2.37. The van der Waals surface area contributed by atoms with Crippen molar-refractivity contribution in [3.05, 3.63) is 29.0 Å². The Balaban J connectivity index is 2.17. The van der Waals surface area contributed by atoms with Crippen molar-refractivity contribution in [2.45, 2.75) is 44.8 Å². The molecule has 2 heterocycles. The van der Waals surface area contributed by atoms with Crippen LogP contribution in [0, 0.1) is 0 Å². The van der Waals surface area contributed by atoms with Crippen LogP contribution in [0.15, 0.2) is 18.3 Å². The topological polar surface area (TPSA) is 57.4 Å². The molecule has 0 bridgehead atoms. The van der Waals surface area contributed by atoms with Crippen LogP contribution in [0.5, 0.6) is 0 Å². The number of hydrogen-bond acceptors (Lipinski definition) is 4. The molecule has 4 nitrogen and oxygen atoms in total. The van der Waals surface area contributed by atoms with E-state index in [2.05, 4.69) is 4.98 Å². The van der Waals surface area contributed by atoms with Crippen molar-refractivity contribution in [2.75, 3.05) is 0 Å². The van der Waals surface area contributed by atoms with Crippen LogP contribution < -0.4 is 5.73 Å². The van der Waals surface area contributed by atoms with Crippen molar-refractivity contribution < 1.29 is 9.31 Å². The van der Waals surface area contributed by atoms with Gasteiger partial charge >= 0.3 is 7.12 Å². The normalized spacial score (nSPS) is 23.1. The van der Waals surface area contributed by atoms with Crippen LogP contribution in [0.4, 0.5) is 0 Å². The standard InChI is InChI=1S/C12H18BClN2O2/c1-11(2)12(3,4)18-13(17-11)10(15)8-5-6-9(14)16-7-8/h5-7,10H,15H2,1-4H3/t10-/m1/s1. The molecule has 0 amide bonds. The fourth-order valence-electron chi connectivity index (χ4n) is 1.78. The number of hydrogen-bond donors (Lipinski definition) is 1. The van der Waals surface area contributed by atoms with Crippen LogP contribution in [-0.2, 0) is 9.31 Å². The summed E-state index contributed by atoms with van der Waals surface area (Å²) >= 11 is 5.75. The van der Waals surface area contributed by atoms with Gasteiger partial charge in [-0.2, -0.15) is 0 Å². The van der Waals surface area contributed by atoms with E-state index < -0.39 is 7.12 Å². The molecule has 1 aliphatic rings. The lowest BCUT2D eigenvalue weighted by atomic mass is 9.75. The molecule has 98 valence electrons. The van der Waals surface area contributed by atoms with Gasteiger partial charge in [-0.05, 0) is 39.3 Å². The first-order chi connectivity index (χ1) is 8.23. The van der Waals surface area contributed by atoms with Gasteiger partial charge in [0.1, 0.15) is 5.15 Å². The molecule has 2 rings (SSSR count). The first-order valence-electron chi connectivity index (χ1n) is 5.96. The van der Waals surface area contributed by atoms with E-state index in [4.69, 9.17) is 26.6 Å². The van der Waals surface area contributed by atoms with E-state index in [1.807, 2.05) is 33.8 Å². The summed E-state index contributed by atoms with van der Waals surface area (Å²) in [4.78, 5) is 4.02. The van der Waals surface area contributed by atoms with Gasteiger partial charge < -0.3 is 15.0 Å². The van der Waals surface area contributed by atoms with Crippen molar-refractivity contribution in [3.63, 3.8) is 0 Å². The molecular formula is C12H18BClN2O2. The Labute approximate surface area is 113 Å². The highest BCUT2D eigenvalue weighted by molar-refractivity contribution is 6.47. The minimum Gasteiger partial charge on any atom is -0.402 e. The number of rotatable bonds is 2. The molecule has 1 atom stereocenters. The van der Waals surface area contributed by atoms with E-state index >= 15 is 0 Å². The monoisotopic (exact) mass is 268 g/mol. The third-order valence-electron chi connectivity index (χ3n) is 3.70. The maximum atomic E-state index is 6.16. The molecule has 1 fully saturated rings. The van der Waals surface area contributed by atoms with Gasteiger partial charge in [0.05, 0.1) is 17.1 Å². The third kappa shape index (κ3) is 2.40. The Bertz CT molecular complexity index is 420. The smallest absolute Gasteiger partial charge is 0.402 e. The lowest BCUT2D eigenvalue weighted by molar-refractivity contribution is 0.00578. The second-order valence-corrected chi connectivity index (χ2v) is 5.95. The van der Waals surface area contributed by atoms with Gasteiger partial charge in [-0.1, -0.05) is 17.7 Å². The van der Waals surface area contributed by atoms with E-state index in [1.165, 1.54) is 0 Å². The van der Waals surface area contributed by atoms with Crippen LogP contribution in [0.25, 0.3) is 0 Å². The SMILES string of the molecule is CC1(C)OB([C@H](N)c2ccc(Cl)nc2)OC1(C)C. The number of nitrogens with two attached hydrogens (primary N) is 1. The summed E-state index contributed by atoms with van der Waals surface area (Å²) in [5.74, 6) is -0.379. The van der Waals surface area contributed by atoms with E-state index in [0.29, 0.717) is 5.15 Å². The molecule has 1 aromatic rings. The van der Waals surface area contributed by atoms with Gasteiger partial charge in [-0.25, -0.2) is 4.98 Å². The van der Waals surface area contributed by atoms with Gasteiger partial charge in [0, 0.05) is 6.20 Å². The second-order valence-electron chi connectivity index (χ2n) is 5.56. The fraction of sp³-hybridized carbons (Fsp3) is 0.583. The molecule has 2 N–H and O–H groups in total. The first kappa shape index (κ1) is 13.8. The van der Waals surface area contributed by atoms with E-state index in [-0.39, 0.29) is 17.1 Å². The predicted molar refractivity (Wildman–Crippen MR) is 72.3 cm³/mol. The van der Waals surface area contributed by atoms with Crippen molar-refractivity contribution >= 4 is 18.7 Å². The minimum absolute atomic E-state index is 0.379. The molecule has 1 saturated heterocycles. The summed E-state index contributed by atoms with van der Waals surface area (Å²) in [7, 11) is -0.474. The zero-order chi connectivity index (χ0) is 13.6. The number of halogens is 1. The molecule has 0 aliphatic carbocycles. The van der Waals surface area contributed by atoms with Gasteiger partial charge in [0.15, 0.2) is 0 Å². The van der Waals surface area contributed by atoms with Gasteiger partial charge in [0.25, 0.3) is 0 Å². The Morgan fingerprint density at radius 2 is 1.78 bits per heavy atom. The van der Waals surface area contributed by atoms with Crippen LogP contribution in [-0.4, -0.2) is 23.3 Å². The maximum Gasteiger partial charge on any atom is 0.480 e. The highest BCUT2D eigenvalue weighted by Gasteiger charge is 2.53. The third-order valence-corrected chi connectivity index (χ3v) is 3.92. The minimum atomic E-state index is -0.474. The molecule has 1 aromatic heterocycles. The molecule has 0 spiro atoms. The molecule has 6 heteroatoms. The molecule has 18 heavy (non-hydrogen) atoms. The molecule has 1 aliphatic heterocycles. The number of aromatic nitrogens is 1. The van der Waals surface area contributed by atoms with Crippen LogP contribution in [0.2, 0.25) is 5.15 Å². The van der Waals surface area contributed by atoms with Crippen molar-refractivity contribution in [3.8, 4) is 0 Å². The highest BCUT2D eigenvalue weighted by Crippen LogP contribution is 2.39. The largest absolute Gasteiger partial charge is 0.480 e. The zero-order valence-corrected chi connectivity index (χ0v) is 11.9. The van der Waals surface area contributed by atoms with Crippen molar-refractivity contribution in [2.24, 2.45) is 5.73 Å². The fourth-order valence-corrected chi connectivity index (χ4v) is 1.89. The quantitative estimate of drug-likeness (QED) is 0.661. The Hall–Kier alpha value is -0.615.